The molecule has 2 heterocycles. The van der Waals surface area contributed by atoms with Crippen LogP contribution in [-0.2, 0) is 14.3 Å². The van der Waals surface area contributed by atoms with E-state index in [0.29, 0.717) is 17.9 Å². The first-order valence-corrected chi connectivity index (χ1v) is 10.6. The molecule has 2 fully saturated rings. The third-order valence-corrected chi connectivity index (χ3v) is 6.62. The van der Waals surface area contributed by atoms with Gasteiger partial charge in [0, 0.05) is 5.38 Å². The first-order valence-electron chi connectivity index (χ1n) is 9.70. The number of thiophene rings is 1. The summed E-state index contributed by atoms with van der Waals surface area (Å²) < 4.78 is 5.40. The Morgan fingerprint density at radius 2 is 2.04 bits per heavy atom. The van der Waals surface area contributed by atoms with Gasteiger partial charge < -0.3 is 15.4 Å². The third kappa shape index (κ3) is 5.15. The van der Waals surface area contributed by atoms with E-state index in [0.717, 1.165) is 12.8 Å². The molecule has 1 aromatic rings. The minimum Gasteiger partial charge on any atom is -0.368 e. The van der Waals surface area contributed by atoms with Gasteiger partial charge in [0.1, 0.15) is 18.2 Å². The van der Waals surface area contributed by atoms with Crippen LogP contribution in [-0.4, -0.2) is 41.9 Å². The fourth-order valence-electron chi connectivity index (χ4n) is 3.88. The Morgan fingerprint density at radius 3 is 2.61 bits per heavy atom. The number of carbonyl (C=O) groups is 3. The normalized spacial score (nSPS) is 26.4. The van der Waals surface area contributed by atoms with E-state index in [1.807, 2.05) is 5.38 Å². The molecule has 6 nitrogen and oxygen atoms in total. The zero-order chi connectivity index (χ0) is 19.4. The number of carbonyl (C=O) groups excluding carboxylic acids is 3. The van der Waals surface area contributed by atoms with Crippen LogP contribution in [0.3, 0.4) is 0 Å². The second-order valence-corrected chi connectivity index (χ2v) is 8.63. The highest BCUT2D eigenvalue weighted by Crippen LogP contribution is 2.28. The number of rotatable bonds is 6. The smallest absolute Gasteiger partial charge is 0.252 e. The predicted octanol–water partition coefficient (Wildman–Crippen LogP) is 2.79. The largest absolute Gasteiger partial charge is 0.368 e. The summed E-state index contributed by atoms with van der Waals surface area (Å²) in [6.07, 6.45) is 5.92. The fourth-order valence-corrected chi connectivity index (χ4v) is 4.52. The van der Waals surface area contributed by atoms with Crippen molar-refractivity contribution in [3.05, 3.63) is 22.4 Å². The summed E-state index contributed by atoms with van der Waals surface area (Å²) in [4.78, 5) is 37.8. The molecule has 0 bridgehead atoms. The molecule has 0 spiro atoms. The van der Waals surface area contributed by atoms with Crippen molar-refractivity contribution in [3.8, 4) is 0 Å². The van der Waals surface area contributed by atoms with Gasteiger partial charge in [-0.15, -0.1) is 0 Å². The summed E-state index contributed by atoms with van der Waals surface area (Å²) in [5.41, 5.74) is -0.490. The first-order chi connectivity index (χ1) is 12.9. The van der Waals surface area contributed by atoms with Crippen molar-refractivity contribution in [2.24, 2.45) is 5.92 Å². The minimum absolute atomic E-state index is 0. The number of hydrogen-bond donors (Lipinski definition) is 2. The molecule has 2 aliphatic rings. The Bertz CT molecular complexity index is 688. The van der Waals surface area contributed by atoms with Crippen molar-refractivity contribution in [1.29, 1.82) is 0 Å². The maximum Gasteiger partial charge on any atom is 0.252 e. The molecule has 1 aliphatic heterocycles. The second-order valence-electron chi connectivity index (χ2n) is 7.85. The lowest BCUT2D eigenvalue weighted by Crippen LogP contribution is -2.60. The summed E-state index contributed by atoms with van der Waals surface area (Å²) in [6.45, 7) is 3.49. The zero-order valence-corrected chi connectivity index (χ0v) is 18.3. The number of ketones is 1. The first kappa shape index (κ1) is 22.9. The highest BCUT2D eigenvalue weighted by atomic mass is 32.1. The highest BCUT2D eigenvalue weighted by molar-refractivity contribution is 7.59. The molecular weight excluding hydrogens is 396 g/mol. The van der Waals surface area contributed by atoms with Gasteiger partial charge in [-0.1, -0.05) is 32.1 Å². The van der Waals surface area contributed by atoms with Crippen LogP contribution in [0.2, 0.25) is 0 Å². The Kier molecular flexibility index (Phi) is 8.09. The average molecular weight is 427 g/mol. The van der Waals surface area contributed by atoms with Crippen LogP contribution in [0.5, 0.6) is 0 Å². The van der Waals surface area contributed by atoms with E-state index >= 15 is 0 Å². The van der Waals surface area contributed by atoms with Gasteiger partial charge in [0.05, 0.1) is 11.7 Å². The summed E-state index contributed by atoms with van der Waals surface area (Å²) in [7, 11) is 0. The maximum absolute atomic E-state index is 13.0. The van der Waals surface area contributed by atoms with Gasteiger partial charge in [-0.3, -0.25) is 14.4 Å². The fraction of sp³-hybridized carbons (Fsp3) is 0.650. The van der Waals surface area contributed by atoms with Crippen molar-refractivity contribution >= 4 is 42.4 Å². The quantitative estimate of drug-likeness (QED) is 0.733. The lowest BCUT2D eigenvalue weighted by Gasteiger charge is -2.31. The zero-order valence-electron chi connectivity index (χ0n) is 16.5. The molecule has 1 aliphatic carbocycles. The number of hydrogen-bond acceptors (Lipinski definition) is 5. The van der Waals surface area contributed by atoms with E-state index in [-0.39, 0.29) is 37.7 Å². The molecule has 0 radical (unpaired) electrons. The van der Waals surface area contributed by atoms with Gasteiger partial charge in [0.25, 0.3) is 5.91 Å². The Morgan fingerprint density at radius 1 is 1.32 bits per heavy atom. The van der Waals surface area contributed by atoms with E-state index in [4.69, 9.17) is 4.74 Å². The van der Waals surface area contributed by atoms with Crippen LogP contribution < -0.4 is 10.6 Å². The van der Waals surface area contributed by atoms with Gasteiger partial charge >= 0.3 is 0 Å². The van der Waals surface area contributed by atoms with E-state index in [1.54, 1.807) is 25.3 Å². The molecule has 1 saturated heterocycles. The van der Waals surface area contributed by atoms with E-state index in [2.05, 4.69) is 10.6 Å². The maximum atomic E-state index is 13.0. The van der Waals surface area contributed by atoms with E-state index in [9.17, 15) is 14.4 Å². The molecule has 8 heteroatoms. The van der Waals surface area contributed by atoms with Gasteiger partial charge in [-0.05, 0) is 37.6 Å². The van der Waals surface area contributed by atoms with E-state index in [1.165, 1.54) is 30.6 Å². The summed E-state index contributed by atoms with van der Waals surface area (Å²) in [5.74, 6) is -0.279. The lowest BCUT2D eigenvalue weighted by molar-refractivity contribution is -0.131. The SMILES string of the molecule is C[C@H]1OCC(=O)[C@]1(C)NC(=O)[C@H](CC1CCCCC1)NC(=O)c1ccsc1.S. The van der Waals surface area contributed by atoms with Crippen molar-refractivity contribution in [1.82, 2.24) is 10.6 Å². The number of nitrogens with one attached hydrogen (secondary N) is 2. The van der Waals surface area contributed by atoms with Crippen molar-refractivity contribution < 1.29 is 19.1 Å². The van der Waals surface area contributed by atoms with Crippen LogP contribution in [0.4, 0.5) is 0 Å². The molecule has 1 saturated carbocycles. The van der Waals surface area contributed by atoms with Crippen molar-refractivity contribution in [3.63, 3.8) is 0 Å². The molecule has 0 aromatic carbocycles. The topological polar surface area (TPSA) is 84.5 Å². The van der Waals surface area contributed by atoms with Crippen molar-refractivity contribution in [2.45, 2.75) is 70.1 Å². The van der Waals surface area contributed by atoms with Gasteiger partial charge in [0.2, 0.25) is 5.91 Å². The van der Waals surface area contributed by atoms with Crippen LogP contribution in [0, 0.1) is 5.92 Å². The van der Waals surface area contributed by atoms with Crippen molar-refractivity contribution in [2.75, 3.05) is 6.61 Å². The molecule has 2 N–H and O–H groups in total. The highest BCUT2D eigenvalue weighted by Gasteiger charge is 2.47. The predicted molar refractivity (Wildman–Crippen MR) is 114 cm³/mol. The summed E-state index contributed by atoms with van der Waals surface area (Å²) in [6, 6.07) is 1.09. The summed E-state index contributed by atoms with van der Waals surface area (Å²) >= 11 is 1.44. The van der Waals surface area contributed by atoms with Gasteiger partial charge in [0.15, 0.2) is 5.78 Å². The van der Waals surface area contributed by atoms with Crippen LogP contribution in [0.15, 0.2) is 16.8 Å². The molecular formula is C20H30N2O4S2. The molecule has 3 rings (SSSR count). The lowest BCUT2D eigenvalue weighted by atomic mass is 9.84. The molecule has 2 amide bonds. The molecule has 156 valence electrons. The second kappa shape index (κ2) is 9.89. The molecule has 1 aromatic heterocycles. The molecule has 3 atom stereocenters. The minimum atomic E-state index is -1.05. The van der Waals surface area contributed by atoms with Gasteiger partial charge in [-0.2, -0.15) is 24.8 Å². The van der Waals surface area contributed by atoms with E-state index < -0.39 is 17.7 Å². The average Bonchev–Trinajstić information content (AvgIpc) is 3.27. The monoisotopic (exact) mass is 426 g/mol. The Balaban J connectivity index is 0.00000280. The summed E-state index contributed by atoms with van der Waals surface area (Å²) in [5, 5.41) is 9.36. The van der Waals surface area contributed by atoms with Crippen LogP contribution in [0.25, 0.3) is 0 Å². The number of ether oxygens (including phenoxy) is 1. The number of amides is 2. The standard InChI is InChI=1S/C20H28N2O4S.H2S/c1-13-20(2,17(23)11-26-13)22-19(25)16(10-14-6-4-3-5-7-14)21-18(24)15-8-9-27-12-15;/h8-9,12-14,16H,3-7,10-11H2,1-2H3,(H,21,24)(H,22,25);1H2/t13-,16+,20-;/m1./s1. The Labute approximate surface area is 177 Å². The van der Waals surface area contributed by atoms with Gasteiger partial charge in [-0.25, -0.2) is 0 Å². The Hall–Kier alpha value is -1.38. The molecule has 0 unspecified atom stereocenters. The third-order valence-electron chi connectivity index (χ3n) is 5.94. The van der Waals surface area contributed by atoms with Crippen LogP contribution >= 0.6 is 24.8 Å². The van der Waals surface area contributed by atoms with Crippen LogP contribution in [0.1, 0.15) is 62.7 Å². The molecule has 28 heavy (non-hydrogen) atoms. The number of Topliss-reactive ketones (excluding diaryl/α,β-unsaturated/α-hetero) is 1.